The van der Waals surface area contributed by atoms with Gasteiger partial charge in [0.25, 0.3) is 0 Å². The van der Waals surface area contributed by atoms with Crippen LogP contribution in [0.2, 0.25) is 0 Å². The molecule has 0 fully saturated rings. The molecule has 4 nitrogen and oxygen atoms in total. The lowest BCUT2D eigenvalue weighted by molar-refractivity contribution is -0.120. The van der Waals surface area contributed by atoms with Crippen LogP contribution >= 0.6 is 0 Å². The van der Waals surface area contributed by atoms with E-state index in [0.29, 0.717) is 13.0 Å². The van der Waals surface area contributed by atoms with Crippen molar-refractivity contribution in [3.05, 3.63) is 0 Å². The minimum absolute atomic E-state index is 0.253. The van der Waals surface area contributed by atoms with Gasteiger partial charge in [0, 0.05) is 0 Å². The lowest BCUT2D eigenvalue weighted by atomic mass is 10.0. The fourth-order valence-corrected chi connectivity index (χ4v) is 3.46. The lowest BCUT2D eigenvalue weighted by Gasteiger charge is -2.14. The topological polar surface area (TPSA) is 81.1 Å². The summed E-state index contributed by atoms with van der Waals surface area (Å²) in [6, 6.07) is -0.253. The predicted molar refractivity (Wildman–Crippen MR) is 114 cm³/mol. The molecule has 0 aliphatic heterocycles. The van der Waals surface area contributed by atoms with Crippen LogP contribution in [-0.2, 0) is 4.79 Å². The zero-order chi connectivity index (χ0) is 19.3. The summed E-state index contributed by atoms with van der Waals surface area (Å²) in [5.74, 6) is -0.285. The van der Waals surface area contributed by atoms with E-state index in [0.717, 1.165) is 13.0 Å². The van der Waals surface area contributed by atoms with Crippen molar-refractivity contribution in [3.63, 3.8) is 0 Å². The van der Waals surface area contributed by atoms with Crippen LogP contribution in [0.5, 0.6) is 0 Å². The molecule has 0 rings (SSSR count). The standard InChI is InChI=1S/C22H47N3O/c1-2-3-4-5-6-7-8-9-10-11-12-13-14-15-16-17-20-25-21(18-19-23)22(24)26/h21,25H,2-20,23H2,1H3,(H2,24,26). The quantitative estimate of drug-likeness (QED) is 0.248. The van der Waals surface area contributed by atoms with Crippen molar-refractivity contribution < 1.29 is 4.79 Å². The Balaban J connectivity index is 3.16. The molecule has 0 aromatic rings. The van der Waals surface area contributed by atoms with Crippen LogP contribution < -0.4 is 16.8 Å². The molecule has 0 aromatic heterocycles. The summed E-state index contributed by atoms with van der Waals surface area (Å²) in [6.45, 7) is 3.65. The molecule has 0 heterocycles. The molecule has 0 aliphatic rings. The maximum absolute atomic E-state index is 11.2. The van der Waals surface area contributed by atoms with Gasteiger partial charge in [0.15, 0.2) is 0 Å². The van der Waals surface area contributed by atoms with Crippen molar-refractivity contribution in [1.82, 2.24) is 5.32 Å². The fourth-order valence-electron chi connectivity index (χ4n) is 3.46. The average molecular weight is 370 g/mol. The summed E-state index contributed by atoms with van der Waals surface area (Å²) in [5.41, 5.74) is 10.8. The van der Waals surface area contributed by atoms with E-state index >= 15 is 0 Å². The molecule has 1 amide bonds. The molecule has 0 bridgehead atoms. The summed E-state index contributed by atoms with van der Waals surface area (Å²) in [4.78, 5) is 11.2. The van der Waals surface area contributed by atoms with Gasteiger partial charge in [-0.25, -0.2) is 0 Å². The van der Waals surface area contributed by atoms with Crippen LogP contribution in [0, 0.1) is 0 Å². The normalized spacial score (nSPS) is 12.4. The monoisotopic (exact) mass is 369 g/mol. The van der Waals surface area contributed by atoms with Crippen LogP contribution in [-0.4, -0.2) is 25.0 Å². The Morgan fingerprint density at radius 3 is 1.46 bits per heavy atom. The van der Waals surface area contributed by atoms with Crippen LogP contribution in [0.1, 0.15) is 116 Å². The zero-order valence-corrected chi connectivity index (χ0v) is 17.6. The Hall–Kier alpha value is -0.610. The van der Waals surface area contributed by atoms with Crippen molar-refractivity contribution in [2.45, 2.75) is 122 Å². The van der Waals surface area contributed by atoms with Gasteiger partial charge in [0.05, 0.1) is 6.04 Å². The number of carbonyl (C=O) groups excluding carboxylic acids is 1. The molecule has 1 unspecified atom stereocenters. The molecule has 0 radical (unpaired) electrons. The van der Waals surface area contributed by atoms with Gasteiger partial charge in [0.2, 0.25) is 5.91 Å². The zero-order valence-electron chi connectivity index (χ0n) is 17.6. The maximum atomic E-state index is 11.2. The third kappa shape index (κ3) is 18.2. The Morgan fingerprint density at radius 1 is 0.731 bits per heavy atom. The first-order valence-corrected chi connectivity index (χ1v) is 11.4. The van der Waals surface area contributed by atoms with Crippen molar-refractivity contribution in [1.29, 1.82) is 0 Å². The summed E-state index contributed by atoms with van der Waals surface area (Å²) in [7, 11) is 0. The highest BCUT2D eigenvalue weighted by Gasteiger charge is 2.12. The Labute approximate surface area is 163 Å². The molecule has 5 N–H and O–H groups in total. The largest absolute Gasteiger partial charge is 0.368 e. The molecular weight excluding hydrogens is 322 g/mol. The first-order chi connectivity index (χ1) is 12.7. The second-order valence-corrected chi connectivity index (χ2v) is 7.79. The highest BCUT2D eigenvalue weighted by Crippen LogP contribution is 2.13. The van der Waals surface area contributed by atoms with Gasteiger partial charge in [0.1, 0.15) is 0 Å². The van der Waals surface area contributed by atoms with Crippen molar-refractivity contribution >= 4 is 5.91 Å². The van der Waals surface area contributed by atoms with Crippen LogP contribution in [0.3, 0.4) is 0 Å². The van der Waals surface area contributed by atoms with E-state index in [4.69, 9.17) is 11.5 Å². The average Bonchev–Trinajstić information content (AvgIpc) is 2.63. The van der Waals surface area contributed by atoms with Gasteiger partial charge in [-0.1, -0.05) is 103 Å². The Bertz CT molecular complexity index is 297. The summed E-state index contributed by atoms with van der Waals surface area (Å²) >= 11 is 0. The molecule has 26 heavy (non-hydrogen) atoms. The van der Waals surface area contributed by atoms with Gasteiger partial charge < -0.3 is 16.8 Å². The highest BCUT2D eigenvalue weighted by atomic mass is 16.1. The van der Waals surface area contributed by atoms with E-state index in [2.05, 4.69) is 12.2 Å². The minimum Gasteiger partial charge on any atom is -0.368 e. The van der Waals surface area contributed by atoms with Crippen molar-refractivity contribution in [3.8, 4) is 0 Å². The summed E-state index contributed by atoms with van der Waals surface area (Å²) in [6.07, 6.45) is 22.7. The SMILES string of the molecule is CCCCCCCCCCCCCCCCCCNC(CCN)C(N)=O. The smallest absolute Gasteiger partial charge is 0.234 e. The summed E-state index contributed by atoms with van der Waals surface area (Å²) in [5, 5.41) is 3.22. The molecule has 4 heteroatoms. The Kier molecular flexibility index (Phi) is 20.2. The highest BCUT2D eigenvalue weighted by molar-refractivity contribution is 5.79. The third-order valence-electron chi connectivity index (χ3n) is 5.22. The number of primary amides is 1. The van der Waals surface area contributed by atoms with E-state index in [1.165, 1.54) is 96.3 Å². The number of nitrogens with one attached hydrogen (secondary N) is 1. The van der Waals surface area contributed by atoms with Gasteiger partial charge >= 0.3 is 0 Å². The first kappa shape index (κ1) is 25.4. The molecule has 0 saturated heterocycles. The second kappa shape index (κ2) is 20.7. The third-order valence-corrected chi connectivity index (χ3v) is 5.22. The molecular formula is C22H47N3O. The second-order valence-electron chi connectivity index (χ2n) is 7.79. The van der Waals surface area contributed by atoms with Gasteiger partial charge in [-0.2, -0.15) is 0 Å². The number of rotatable bonds is 21. The van der Waals surface area contributed by atoms with Crippen LogP contribution in [0.15, 0.2) is 0 Å². The lowest BCUT2D eigenvalue weighted by Crippen LogP contribution is -2.42. The molecule has 0 aliphatic carbocycles. The van der Waals surface area contributed by atoms with E-state index < -0.39 is 0 Å². The molecule has 0 spiro atoms. The molecule has 1 atom stereocenters. The van der Waals surface area contributed by atoms with Crippen molar-refractivity contribution in [2.24, 2.45) is 11.5 Å². The molecule has 0 aromatic carbocycles. The molecule has 156 valence electrons. The molecule has 0 saturated carbocycles. The van der Waals surface area contributed by atoms with Crippen LogP contribution in [0.4, 0.5) is 0 Å². The number of unbranched alkanes of at least 4 members (excludes halogenated alkanes) is 15. The predicted octanol–water partition coefficient (Wildman–Crippen LogP) is 5.04. The minimum atomic E-state index is -0.285. The number of carbonyl (C=O) groups is 1. The Morgan fingerprint density at radius 2 is 1.12 bits per heavy atom. The number of hydrogen-bond donors (Lipinski definition) is 3. The van der Waals surface area contributed by atoms with E-state index in [1.54, 1.807) is 0 Å². The van der Waals surface area contributed by atoms with E-state index in [9.17, 15) is 4.79 Å². The van der Waals surface area contributed by atoms with Crippen LogP contribution in [0.25, 0.3) is 0 Å². The van der Waals surface area contributed by atoms with Gasteiger partial charge in [-0.15, -0.1) is 0 Å². The number of nitrogens with two attached hydrogens (primary N) is 2. The van der Waals surface area contributed by atoms with Crippen molar-refractivity contribution in [2.75, 3.05) is 13.1 Å². The van der Waals surface area contributed by atoms with E-state index in [1.807, 2.05) is 0 Å². The van der Waals surface area contributed by atoms with E-state index in [-0.39, 0.29) is 11.9 Å². The number of hydrogen-bond acceptors (Lipinski definition) is 3. The van der Waals surface area contributed by atoms with Gasteiger partial charge in [-0.3, -0.25) is 4.79 Å². The fraction of sp³-hybridized carbons (Fsp3) is 0.955. The summed E-state index contributed by atoms with van der Waals surface area (Å²) < 4.78 is 0. The number of amides is 1. The maximum Gasteiger partial charge on any atom is 0.234 e. The van der Waals surface area contributed by atoms with Gasteiger partial charge in [-0.05, 0) is 25.9 Å². The first-order valence-electron chi connectivity index (χ1n) is 11.4.